The van der Waals surface area contributed by atoms with Gasteiger partial charge in [0.15, 0.2) is 0 Å². The van der Waals surface area contributed by atoms with E-state index in [9.17, 15) is 14.0 Å². The Morgan fingerprint density at radius 1 is 1.33 bits per heavy atom. The van der Waals surface area contributed by atoms with Gasteiger partial charge >= 0.3 is 6.09 Å². The minimum atomic E-state index is -0.673. The van der Waals surface area contributed by atoms with Gasteiger partial charge in [-0.25, -0.2) is 9.18 Å². The highest BCUT2D eigenvalue weighted by Crippen LogP contribution is 2.42. The lowest BCUT2D eigenvalue weighted by Crippen LogP contribution is -2.45. The van der Waals surface area contributed by atoms with Crippen LogP contribution in [-0.4, -0.2) is 41.8 Å². The van der Waals surface area contributed by atoms with Gasteiger partial charge in [0.1, 0.15) is 17.3 Å². The van der Waals surface area contributed by atoms with Crippen LogP contribution in [0.1, 0.15) is 58.8 Å². The Morgan fingerprint density at radius 2 is 2.00 bits per heavy atom. The number of ether oxygens (including phenoxy) is 1. The molecule has 0 saturated heterocycles. The number of benzene rings is 1. The maximum Gasteiger partial charge on any atom is 0.413 e. The van der Waals surface area contributed by atoms with Crippen LogP contribution in [0.15, 0.2) is 23.2 Å². The van der Waals surface area contributed by atoms with Gasteiger partial charge in [-0.15, -0.1) is 11.8 Å². The van der Waals surface area contributed by atoms with Crippen molar-refractivity contribution in [1.29, 1.82) is 0 Å². The smallest absolute Gasteiger partial charge is 0.413 e. The van der Waals surface area contributed by atoms with Crippen LogP contribution in [-0.2, 0) is 9.53 Å². The van der Waals surface area contributed by atoms with Gasteiger partial charge in [-0.2, -0.15) is 0 Å². The summed E-state index contributed by atoms with van der Waals surface area (Å²) < 4.78 is 19.3. The van der Waals surface area contributed by atoms with E-state index in [-0.39, 0.29) is 11.1 Å². The monoisotopic (exact) mass is 440 g/mol. The highest BCUT2D eigenvalue weighted by atomic mass is 32.2. The summed E-state index contributed by atoms with van der Waals surface area (Å²) in [5, 5.41) is 4.97. The molecule has 168 valence electrons. The van der Waals surface area contributed by atoms with E-state index in [1.807, 2.05) is 20.8 Å². The Labute approximate surface area is 182 Å². The third kappa shape index (κ3) is 8.31. The number of nitrogens with two attached hydrogens (primary N) is 1. The molecule has 30 heavy (non-hydrogen) atoms. The zero-order valence-corrected chi connectivity index (χ0v) is 19.4. The number of amides is 2. The largest absolute Gasteiger partial charge is 0.444 e. The van der Waals surface area contributed by atoms with E-state index in [1.54, 1.807) is 26.8 Å². The predicted octanol–water partition coefficient (Wildman–Crippen LogP) is 4.24. The highest BCUT2D eigenvalue weighted by Gasteiger charge is 2.33. The van der Waals surface area contributed by atoms with Crippen LogP contribution in [0, 0.1) is 5.82 Å². The normalized spacial score (nSPS) is 13.5. The number of amidine groups is 1. The van der Waals surface area contributed by atoms with Crippen molar-refractivity contribution in [3.8, 4) is 0 Å². The average molecular weight is 441 g/mol. The van der Waals surface area contributed by atoms with Crippen LogP contribution in [0.3, 0.4) is 0 Å². The lowest BCUT2D eigenvalue weighted by molar-refractivity contribution is -0.105. The summed E-state index contributed by atoms with van der Waals surface area (Å²) in [5.74, 6) is 0.0520. The van der Waals surface area contributed by atoms with E-state index < -0.39 is 16.4 Å². The van der Waals surface area contributed by atoms with Crippen LogP contribution >= 0.6 is 11.8 Å². The molecule has 0 saturated carbocycles. The molecule has 0 bridgehead atoms. The number of alkyl carbamates (subject to hydrolysis) is 1. The molecule has 1 aromatic rings. The summed E-state index contributed by atoms with van der Waals surface area (Å²) >= 11 is 1.44. The molecule has 0 spiro atoms. The molecule has 0 unspecified atom stereocenters. The summed E-state index contributed by atoms with van der Waals surface area (Å²) in [6.45, 7) is 11.8. The van der Waals surface area contributed by atoms with Crippen LogP contribution in [0.5, 0.6) is 0 Å². The van der Waals surface area contributed by atoms with Crippen molar-refractivity contribution in [3.05, 3.63) is 29.6 Å². The van der Waals surface area contributed by atoms with Crippen LogP contribution in [0.25, 0.3) is 0 Å². The molecule has 9 heteroatoms. The molecular formula is C21H33FN4O3S. The number of carbonyl (C=O) groups is 2. The van der Waals surface area contributed by atoms with E-state index in [4.69, 9.17) is 10.5 Å². The van der Waals surface area contributed by atoms with Crippen molar-refractivity contribution >= 4 is 35.8 Å². The fourth-order valence-electron chi connectivity index (χ4n) is 2.73. The summed E-state index contributed by atoms with van der Waals surface area (Å²) in [5.41, 5.74) is 6.07. The lowest BCUT2D eigenvalue weighted by atomic mass is 10.1. The Morgan fingerprint density at radius 3 is 2.53 bits per heavy atom. The third-order valence-corrected chi connectivity index (χ3v) is 5.50. The number of aliphatic imine (C=N–C) groups is 1. The van der Waals surface area contributed by atoms with E-state index in [0.717, 1.165) is 0 Å². The Balaban J connectivity index is 3.17. The molecule has 1 aromatic carbocycles. The number of nitrogens with one attached hydrogen (secondary N) is 2. The topological polar surface area (TPSA) is 106 Å². The maximum absolute atomic E-state index is 14.6. The van der Waals surface area contributed by atoms with E-state index in [1.165, 1.54) is 23.9 Å². The first-order chi connectivity index (χ1) is 13.9. The van der Waals surface area contributed by atoms with Crippen LogP contribution in [0.4, 0.5) is 14.9 Å². The molecule has 7 nitrogen and oxygen atoms in total. The number of carbonyl (C=O) groups excluding carboxylic acids is 2. The molecule has 0 aliphatic heterocycles. The molecule has 4 N–H and O–H groups in total. The SMILES string of the molecule is CCN=C(NC(=O)OC(C)(C)C)C(C)(C)S[C@@H](CCN)c1cc(NC=O)ccc1F. The van der Waals surface area contributed by atoms with Gasteiger partial charge in [-0.3, -0.25) is 15.1 Å². The predicted molar refractivity (Wildman–Crippen MR) is 122 cm³/mol. The second kappa shape index (κ2) is 11.3. The zero-order valence-electron chi connectivity index (χ0n) is 18.5. The van der Waals surface area contributed by atoms with Crippen molar-refractivity contribution in [2.45, 2.75) is 63.6 Å². The summed E-state index contributed by atoms with van der Waals surface area (Å²) in [6.07, 6.45) is 0.451. The molecule has 0 aromatic heterocycles. The summed E-state index contributed by atoms with van der Waals surface area (Å²) in [7, 11) is 0. The lowest BCUT2D eigenvalue weighted by Gasteiger charge is -2.32. The second-order valence-electron chi connectivity index (χ2n) is 8.14. The van der Waals surface area contributed by atoms with E-state index in [2.05, 4.69) is 15.6 Å². The minimum Gasteiger partial charge on any atom is -0.444 e. The molecule has 0 aliphatic carbocycles. The van der Waals surface area contributed by atoms with Gasteiger partial charge in [0.05, 0.1) is 4.75 Å². The molecule has 0 radical (unpaired) electrons. The fourth-order valence-corrected chi connectivity index (χ4v) is 4.23. The number of hydrogen-bond acceptors (Lipinski definition) is 6. The van der Waals surface area contributed by atoms with Gasteiger partial charge in [-0.05, 0) is 72.7 Å². The molecule has 0 aliphatic rings. The number of anilines is 1. The number of rotatable bonds is 9. The second-order valence-corrected chi connectivity index (χ2v) is 9.97. The Hall–Kier alpha value is -2.13. The molecule has 0 heterocycles. The Kier molecular flexibility index (Phi) is 9.77. The average Bonchev–Trinajstić information content (AvgIpc) is 2.61. The Bertz CT molecular complexity index is 763. The minimum absolute atomic E-state index is 0.319. The highest BCUT2D eigenvalue weighted by molar-refractivity contribution is 8.01. The van der Waals surface area contributed by atoms with E-state index >= 15 is 0 Å². The van der Waals surface area contributed by atoms with Gasteiger partial charge in [0.2, 0.25) is 6.41 Å². The first kappa shape index (κ1) is 25.9. The van der Waals surface area contributed by atoms with Crippen molar-refractivity contribution in [3.63, 3.8) is 0 Å². The number of nitrogens with zero attached hydrogens (tertiary/aromatic N) is 1. The number of hydrogen-bond donors (Lipinski definition) is 3. The number of thioether (sulfide) groups is 1. The van der Waals surface area contributed by atoms with E-state index in [0.29, 0.717) is 43.0 Å². The first-order valence-corrected chi connectivity index (χ1v) is 10.7. The van der Waals surface area contributed by atoms with Gasteiger partial charge < -0.3 is 15.8 Å². The van der Waals surface area contributed by atoms with Crippen LogP contribution < -0.4 is 16.4 Å². The molecule has 2 amide bonds. The fraction of sp³-hybridized carbons (Fsp3) is 0.571. The van der Waals surface area contributed by atoms with Crippen molar-refractivity contribution in [1.82, 2.24) is 5.32 Å². The van der Waals surface area contributed by atoms with Crippen LogP contribution in [0.2, 0.25) is 0 Å². The molecule has 1 rings (SSSR count). The quantitative estimate of drug-likeness (QED) is 0.303. The summed E-state index contributed by atoms with van der Waals surface area (Å²) in [6, 6.07) is 4.42. The summed E-state index contributed by atoms with van der Waals surface area (Å²) in [4.78, 5) is 27.5. The van der Waals surface area contributed by atoms with Gasteiger partial charge in [-0.1, -0.05) is 0 Å². The standard InChI is InChI=1S/C21H33FN4O3S/c1-7-24-18(26-19(28)29-20(2,3)4)21(5,6)30-17(10-11-23)15-12-14(25-13-27)8-9-16(15)22/h8-9,12-13,17H,7,10-11,23H2,1-6H3,(H,25,27)(H,24,26,28)/t17-/m0/s1. The molecule has 0 fully saturated rings. The zero-order chi connectivity index (χ0) is 22.9. The van der Waals surface area contributed by atoms with Crippen molar-refractivity contribution in [2.75, 3.05) is 18.4 Å². The third-order valence-electron chi connectivity index (χ3n) is 3.94. The molecule has 1 atom stereocenters. The van der Waals surface area contributed by atoms with Crippen molar-refractivity contribution in [2.24, 2.45) is 10.7 Å². The van der Waals surface area contributed by atoms with Gasteiger partial charge in [0.25, 0.3) is 0 Å². The van der Waals surface area contributed by atoms with Gasteiger partial charge in [0, 0.05) is 23.0 Å². The molecular weight excluding hydrogens is 407 g/mol. The number of halogens is 1. The van der Waals surface area contributed by atoms with Crippen molar-refractivity contribution < 1.29 is 18.7 Å². The maximum atomic E-state index is 14.6. The first-order valence-electron chi connectivity index (χ1n) is 9.86.